The number of ether oxygens (including phenoxy) is 1. The van der Waals surface area contributed by atoms with Crippen LogP contribution in [0.3, 0.4) is 0 Å². The third kappa shape index (κ3) is 4.44. The van der Waals surface area contributed by atoms with Crippen molar-refractivity contribution in [2.24, 2.45) is 10.2 Å². The number of alkyl halides is 3. The molecule has 1 heterocycles. The summed E-state index contributed by atoms with van der Waals surface area (Å²) < 4.78 is 58.0. The van der Waals surface area contributed by atoms with Crippen LogP contribution in [0.1, 0.15) is 32.2 Å². The fraction of sp³-hybridized carbons (Fsp3) is 0.375. The first-order chi connectivity index (χ1) is 12.2. The van der Waals surface area contributed by atoms with Crippen LogP contribution in [0.25, 0.3) is 0 Å². The predicted molar refractivity (Wildman–Crippen MR) is 87.4 cm³/mol. The fourth-order valence-electron chi connectivity index (χ4n) is 2.13. The summed E-state index contributed by atoms with van der Waals surface area (Å²) in [4.78, 5) is 3.29. The first-order valence-electron chi connectivity index (χ1n) is 7.63. The van der Waals surface area contributed by atoms with E-state index in [1.165, 1.54) is 18.2 Å². The normalized spacial score (nSPS) is 13.4. The van der Waals surface area contributed by atoms with Crippen LogP contribution in [-0.2, 0) is 16.5 Å². The van der Waals surface area contributed by atoms with Gasteiger partial charge in [-0.25, -0.2) is 14.1 Å². The maximum Gasteiger partial charge on any atom is 0.453 e. The van der Waals surface area contributed by atoms with Crippen LogP contribution < -0.4 is 0 Å². The Balaban J connectivity index is 2.50. The summed E-state index contributed by atoms with van der Waals surface area (Å²) in [6, 6.07) is 5.49. The zero-order valence-electron chi connectivity index (χ0n) is 14.3. The van der Waals surface area contributed by atoms with Crippen molar-refractivity contribution in [2.45, 2.75) is 32.5 Å². The first-order valence-corrected chi connectivity index (χ1v) is 7.63. The molecule has 1 aromatic carbocycles. The zero-order chi connectivity index (χ0) is 19.4. The minimum absolute atomic E-state index is 0.187. The Kier molecular flexibility index (Phi) is 5.73. The summed E-state index contributed by atoms with van der Waals surface area (Å²) in [6.07, 6.45) is -2.63. The average molecular weight is 371 g/mol. The molecule has 0 saturated heterocycles. The van der Waals surface area contributed by atoms with Crippen LogP contribution >= 0.6 is 0 Å². The van der Waals surface area contributed by atoms with Crippen molar-refractivity contribution in [3.8, 4) is 0 Å². The average Bonchev–Trinajstić information content (AvgIpc) is 3.05. The molecule has 2 aromatic rings. The maximum absolute atomic E-state index is 13.6. The Bertz CT molecular complexity index is 811. The van der Waals surface area contributed by atoms with Gasteiger partial charge in [-0.1, -0.05) is 12.1 Å². The van der Waals surface area contributed by atoms with E-state index >= 15 is 0 Å². The fourth-order valence-corrected chi connectivity index (χ4v) is 2.13. The van der Waals surface area contributed by atoms with Gasteiger partial charge in [0.2, 0.25) is 0 Å². The van der Waals surface area contributed by atoms with E-state index in [2.05, 4.69) is 20.3 Å². The van der Waals surface area contributed by atoms with Gasteiger partial charge in [-0.2, -0.15) is 13.2 Å². The minimum atomic E-state index is -4.68. The van der Waals surface area contributed by atoms with Crippen molar-refractivity contribution in [1.82, 2.24) is 14.8 Å². The lowest BCUT2D eigenvalue weighted by molar-refractivity contribution is -0.145. The molecule has 0 aliphatic rings. The van der Waals surface area contributed by atoms with Crippen LogP contribution in [0.4, 0.5) is 17.6 Å². The number of hydrogen-bond acceptors (Lipinski definition) is 5. The molecule has 1 aromatic heterocycles. The van der Waals surface area contributed by atoms with Crippen molar-refractivity contribution in [1.29, 1.82) is 0 Å². The van der Waals surface area contributed by atoms with Gasteiger partial charge in [-0.15, -0.1) is 15.3 Å². The number of halogens is 4. The van der Waals surface area contributed by atoms with Crippen LogP contribution in [0.2, 0.25) is 0 Å². The molecule has 0 unspecified atom stereocenters. The second-order valence-electron chi connectivity index (χ2n) is 5.70. The molecule has 0 bridgehead atoms. The van der Waals surface area contributed by atoms with Gasteiger partial charge in [-0.3, -0.25) is 0 Å². The molecule has 26 heavy (non-hydrogen) atoms. The summed E-state index contributed by atoms with van der Waals surface area (Å²) in [5.74, 6) is -1.80. The van der Waals surface area contributed by atoms with E-state index in [0.29, 0.717) is 12.2 Å². The molecule has 6 nitrogen and oxygen atoms in total. The topological polar surface area (TPSA) is 64.7 Å². The van der Waals surface area contributed by atoms with E-state index in [-0.39, 0.29) is 5.71 Å². The molecule has 0 spiro atoms. The highest BCUT2D eigenvalue weighted by atomic mass is 19.4. The van der Waals surface area contributed by atoms with Crippen LogP contribution in [0.5, 0.6) is 0 Å². The van der Waals surface area contributed by atoms with Gasteiger partial charge in [0.05, 0.1) is 12.3 Å². The Hall–Kier alpha value is -2.78. The van der Waals surface area contributed by atoms with E-state index in [1.807, 2.05) is 0 Å². The maximum atomic E-state index is 13.6. The molecule has 0 radical (unpaired) electrons. The Morgan fingerprint density at radius 2 is 2.04 bits per heavy atom. The van der Waals surface area contributed by atoms with E-state index in [1.54, 1.807) is 26.8 Å². The van der Waals surface area contributed by atoms with Crippen molar-refractivity contribution < 1.29 is 22.3 Å². The quantitative estimate of drug-likeness (QED) is 0.337. The standard InChI is InChI=1S/C16H17F4N5O/c1-4-26-10-22-23-13(11-6-5-7-12(17)8-11)15(2,3)25-9-21-14(24-25)16(18,19)20/h5-10H,4H2,1-3H3. The molecule has 0 saturated carbocycles. The van der Waals surface area contributed by atoms with E-state index in [0.717, 1.165) is 17.4 Å². The van der Waals surface area contributed by atoms with Gasteiger partial charge in [0.25, 0.3) is 5.82 Å². The Morgan fingerprint density at radius 1 is 1.31 bits per heavy atom. The molecule has 140 valence electrons. The summed E-state index contributed by atoms with van der Waals surface area (Å²) in [7, 11) is 0. The highest BCUT2D eigenvalue weighted by Gasteiger charge is 2.38. The van der Waals surface area contributed by atoms with Gasteiger partial charge >= 0.3 is 6.18 Å². The minimum Gasteiger partial charge on any atom is -0.482 e. The molecule has 0 aliphatic heterocycles. The monoisotopic (exact) mass is 371 g/mol. The molecule has 2 rings (SSSR count). The largest absolute Gasteiger partial charge is 0.482 e. The van der Waals surface area contributed by atoms with Crippen molar-refractivity contribution in [2.75, 3.05) is 6.61 Å². The SMILES string of the molecule is CCOC=NN=C(c1cccc(F)c1)C(C)(C)n1cnc(C(F)(F)F)n1. The summed E-state index contributed by atoms with van der Waals surface area (Å²) in [6.45, 7) is 5.26. The molecule has 0 aliphatic carbocycles. The molecule has 0 atom stereocenters. The number of rotatable bonds is 6. The molecular weight excluding hydrogens is 354 g/mol. The molecule has 0 N–H and O–H groups in total. The highest BCUT2D eigenvalue weighted by molar-refractivity contribution is 6.05. The zero-order valence-corrected chi connectivity index (χ0v) is 14.3. The van der Waals surface area contributed by atoms with Gasteiger partial charge < -0.3 is 4.74 Å². The molecule has 0 amide bonds. The lowest BCUT2D eigenvalue weighted by Crippen LogP contribution is -2.37. The summed E-state index contributed by atoms with van der Waals surface area (Å²) in [5.41, 5.74) is -0.673. The van der Waals surface area contributed by atoms with Crippen LogP contribution in [-0.4, -0.2) is 33.5 Å². The van der Waals surface area contributed by atoms with Crippen molar-refractivity contribution >= 4 is 12.1 Å². The van der Waals surface area contributed by atoms with Crippen molar-refractivity contribution in [3.05, 3.63) is 47.8 Å². The second kappa shape index (κ2) is 7.63. The Labute approximate surface area is 147 Å². The molecular formula is C16H17F4N5O. The van der Waals surface area contributed by atoms with Gasteiger partial charge in [0.1, 0.15) is 17.7 Å². The number of aromatic nitrogens is 3. The number of hydrogen-bond donors (Lipinski definition) is 0. The number of benzene rings is 1. The van der Waals surface area contributed by atoms with Gasteiger partial charge in [-0.05, 0) is 32.9 Å². The number of nitrogens with zero attached hydrogens (tertiary/aromatic N) is 5. The van der Waals surface area contributed by atoms with Gasteiger partial charge in [0.15, 0.2) is 6.40 Å². The molecule has 0 fully saturated rings. The highest BCUT2D eigenvalue weighted by Crippen LogP contribution is 2.28. The van der Waals surface area contributed by atoms with Crippen molar-refractivity contribution in [3.63, 3.8) is 0 Å². The third-order valence-electron chi connectivity index (χ3n) is 3.44. The van der Waals surface area contributed by atoms with Crippen LogP contribution in [0, 0.1) is 5.82 Å². The lowest BCUT2D eigenvalue weighted by atomic mass is 9.92. The second-order valence-corrected chi connectivity index (χ2v) is 5.70. The smallest absolute Gasteiger partial charge is 0.453 e. The summed E-state index contributed by atoms with van der Waals surface area (Å²) in [5, 5.41) is 11.3. The summed E-state index contributed by atoms with van der Waals surface area (Å²) >= 11 is 0. The predicted octanol–water partition coefficient (Wildman–Crippen LogP) is 3.64. The lowest BCUT2D eigenvalue weighted by Gasteiger charge is -2.26. The Morgan fingerprint density at radius 3 is 2.62 bits per heavy atom. The van der Waals surface area contributed by atoms with E-state index in [9.17, 15) is 17.6 Å². The van der Waals surface area contributed by atoms with E-state index < -0.39 is 23.4 Å². The van der Waals surface area contributed by atoms with Gasteiger partial charge in [0, 0.05) is 5.56 Å². The van der Waals surface area contributed by atoms with Crippen LogP contribution in [0.15, 0.2) is 40.8 Å². The first kappa shape index (κ1) is 19.5. The third-order valence-corrected chi connectivity index (χ3v) is 3.44. The van der Waals surface area contributed by atoms with E-state index in [4.69, 9.17) is 4.74 Å². The molecule has 10 heteroatoms.